The van der Waals surface area contributed by atoms with Crippen LogP contribution in [0.4, 0.5) is 17.5 Å². The summed E-state index contributed by atoms with van der Waals surface area (Å²) in [5.74, 6) is 2.11. The normalized spacial score (nSPS) is 10.5. The third kappa shape index (κ3) is 4.51. The molecule has 0 radical (unpaired) electrons. The van der Waals surface area contributed by atoms with Gasteiger partial charge in [0, 0.05) is 18.3 Å². The quantitative estimate of drug-likeness (QED) is 0.672. The van der Waals surface area contributed by atoms with E-state index >= 15 is 0 Å². The number of ether oxygens (including phenoxy) is 1. The molecule has 134 valence electrons. The Balaban J connectivity index is 1.78. The Kier molecular flexibility index (Phi) is 5.37. The summed E-state index contributed by atoms with van der Waals surface area (Å²) in [6, 6.07) is 16.3. The van der Waals surface area contributed by atoms with Crippen molar-refractivity contribution in [2.24, 2.45) is 0 Å². The average Bonchev–Trinajstić information content (AvgIpc) is 2.60. The molecule has 2 aromatic carbocycles. The molecular formula is C21H24N4O. The third-order valence-corrected chi connectivity index (χ3v) is 4.01. The number of aryl methyl sites for hydroxylation is 3. The predicted molar refractivity (Wildman–Crippen MR) is 106 cm³/mol. The van der Waals surface area contributed by atoms with Gasteiger partial charge < -0.3 is 15.4 Å². The van der Waals surface area contributed by atoms with Crippen molar-refractivity contribution < 1.29 is 4.74 Å². The van der Waals surface area contributed by atoms with Crippen LogP contribution >= 0.6 is 0 Å². The molecule has 1 heterocycles. The smallest absolute Gasteiger partial charge is 0.225 e. The number of benzene rings is 2. The maximum Gasteiger partial charge on any atom is 0.225 e. The van der Waals surface area contributed by atoms with Crippen LogP contribution in [0.3, 0.4) is 0 Å². The van der Waals surface area contributed by atoms with Crippen LogP contribution in [0.25, 0.3) is 0 Å². The maximum absolute atomic E-state index is 5.43. The summed E-state index contributed by atoms with van der Waals surface area (Å²) >= 11 is 0. The van der Waals surface area contributed by atoms with Crippen LogP contribution in [0.15, 0.2) is 48.5 Å². The number of nitrogens with one attached hydrogen (secondary N) is 2. The molecule has 0 bridgehead atoms. The molecule has 1 aromatic heterocycles. The molecule has 0 aliphatic heterocycles. The highest BCUT2D eigenvalue weighted by Crippen LogP contribution is 2.28. The molecule has 0 saturated heterocycles. The number of anilines is 3. The summed E-state index contributed by atoms with van der Waals surface area (Å²) in [6.07, 6.45) is 0. The van der Waals surface area contributed by atoms with Gasteiger partial charge in [0.25, 0.3) is 0 Å². The summed E-state index contributed by atoms with van der Waals surface area (Å²) in [5, 5.41) is 6.64. The highest BCUT2D eigenvalue weighted by molar-refractivity contribution is 5.65. The van der Waals surface area contributed by atoms with E-state index in [1.165, 1.54) is 11.1 Å². The SMILES string of the molecule is COc1ccc(C)cc1Nc1cc(C)nc(NCc2cccc(C)c2)n1. The van der Waals surface area contributed by atoms with Crippen LogP contribution < -0.4 is 15.4 Å². The first-order valence-electron chi connectivity index (χ1n) is 8.60. The first kappa shape index (κ1) is 17.7. The second-order valence-corrected chi connectivity index (χ2v) is 6.39. The van der Waals surface area contributed by atoms with Gasteiger partial charge >= 0.3 is 0 Å². The van der Waals surface area contributed by atoms with E-state index in [1.54, 1.807) is 7.11 Å². The van der Waals surface area contributed by atoms with Gasteiger partial charge in [-0.1, -0.05) is 35.9 Å². The van der Waals surface area contributed by atoms with E-state index in [9.17, 15) is 0 Å². The molecule has 0 aliphatic carbocycles. The first-order valence-corrected chi connectivity index (χ1v) is 8.60. The lowest BCUT2D eigenvalue weighted by Gasteiger charge is -2.13. The van der Waals surface area contributed by atoms with Gasteiger partial charge in [0.2, 0.25) is 5.95 Å². The van der Waals surface area contributed by atoms with Crippen LogP contribution in [0.2, 0.25) is 0 Å². The second-order valence-electron chi connectivity index (χ2n) is 6.39. The number of nitrogens with zero attached hydrogens (tertiary/aromatic N) is 2. The average molecular weight is 348 g/mol. The molecule has 0 aliphatic rings. The zero-order chi connectivity index (χ0) is 18.5. The zero-order valence-corrected chi connectivity index (χ0v) is 15.6. The number of hydrogen-bond acceptors (Lipinski definition) is 5. The zero-order valence-electron chi connectivity index (χ0n) is 15.6. The van der Waals surface area contributed by atoms with Crippen LogP contribution in [-0.4, -0.2) is 17.1 Å². The molecule has 5 nitrogen and oxygen atoms in total. The molecule has 0 spiro atoms. The van der Waals surface area contributed by atoms with Gasteiger partial charge in [0.15, 0.2) is 0 Å². The lowest BCUT2D eigenvalue weighted by Crippen LogP contribution is -2.06. The van der Waals surface area contributed by atoms with E-state index in [-0.39, 0.29) is 0 Å². The topological polar surface area (TPSA) is 59.1 Å². The van der Waals surface area contributed by atoms with E-state index < -0.39 is 0 Å². The summed E-state index contributed by atoms with van der Waals surface area (Å²) in [4.78, 5) is 9.06. The van der Waals surface area contributed by atoms with Gasteiger partial charge in [-0.05, 0) is 44.0 Å². The minimum absolute atomic E-state index is 0.598. The van der Waals surface area contributed by atoms with Crippen molar-refractivity contribution in [1.29, 1.82) is 0 Å². The van der Waals surface area contributed by atoms with Crippen LogP contribution in [-0.2, 0) is 6.54 Å². The van der Waals surface area contributed by atoms with Crippen LogP contribution in [0.5, 0.6) is 5.75 Å². The fourth-order valence-electron chi connectivity index (χ4n) is 2.77. The summed E-state index contributed by atoms with van der Waals surface area (Å²) in [6.45, 7) is 6.77. The Morgan fingerprint density at radius 3 is 2.50 bits per heavy atom. The summed E-state index contributed by atoms with van der Waals surface area (Å²) < 4.78 is 5.43. The summed E-state index contributed by atoms with van der Waals surface area (Å²) in [5.41, 5.74) is 5.36. The molecule has 5 heteroatoms. The monoisotopic (exact) mass is 348 g/mol. The van der Waals surface area contributed by atoms with E-state index in [1.807, 2.05) is 38.1 Å². The number of aromatic nitrogens is 2. The second kappa shape index (κ2) is 7.87. The molecule has 0 amide bonds. The van der Waals surface area contributed by atoms with E-state index in [2.05, 4.69) is 51.8 Å². The molecule has 26 heavy (non-hydrogen) atoms. The lowest BCUT2D eigenvalue weighted by atomic mass is 10.1. The molecule has 2 N–H and O–H groups in total. The van der Waals surface area contributed by atoms with Crippen molar-refractivity contribution >= 4 is 17.5 Å². The van der Waals surface area contributed by atoms with Gasteiger partial charge in [0.05, 0.1) is 12.8 Å². The van der Waals surface area contributed by atoms with Gasteiger partial charge in [-0.15, -0.1) is 0 Å². The van der Waals surface area contributed by atoms with Gasteiger partial charge in [0.1, 0.15) is 11.6 Å². The lowest BCUT2D eigenvalue weighted by molar-refractivity contribution is 0.416. The molecule has 0 fully saturated rings. The van der Waals surface area contributed by atoms with Crippen molar-refractivity contribution in [2.45, 2.75) is 27.3 Å². The molecule has 3 aromatic rings. The van der Waals surface area contributed by atoms with Crippen LogP contribution in [0.1, 0.15) is 22.4 Å². The molecular weight excluding hydrogens is 324 g/mol. The third-order valence-electron chi connectivity index (χ3n) is 4.01. The Labute approximate surface area is 154 Å². The fraction of sp³-hybridized carbons (Fsp3) is 0.238. The molecule has 0 atom stereocenters. The molecule has 3 rings (SSSR count). The standard InChI is InChI=1S/C21H24N4O/c1-14-6-5-7-17(10-14)13-22-21-23-16(3)12-20(25-21)24-18-11-15(2)8-9-19(18)26-4/h5-12H,13H2,1-4H3,(H2,22,23,24,25). The Morgan fingerprint density at radius 1 is 0.923 bits per heavy atom. The Bertz CT molecular complexity index is 908. The van der Waals surface area contributed by atoms with Crippen molar-refractivity contribution in [2.75, 3.05) is 17.7 Å². The largest absolute Gasteiger partial charge is 0.495 e. The van der Waals surface area contributed by atoms with Gasteiger partial charge in [-0.3, -0.25) is 0 Å². The molecule has 0 unspecified atom stereocenters. The Morgan fingerprint density at radius 2 is 1.73 bits per heavy atom. The number of rotatable bonds is 6. The van der Waals surface area contributed by atoms with Crippen molar-refractivity contribution in [3.05, 3.63) is 70.9 Å². The first-order chi connectivity index (χ1) is 12.5. The van der Waals surface area contributed by atoms with E-state index in [0.29, 0.717) is 12.5 Å². The van der Waals surface area contributed by atoms with Crippen molar-refractivity contribution in [3.8, 4) is 5.75 Å². The molecule has 0 saturated carbocycles. The maximum atomic E-state index is 5.43. The van der Waals surface area contributed by atoms with Gasteiger partial charge in [-0.25, -0.2) is 4.98 Å². The minimum atomic E-state index is 0.598. The van der Waals surface area contributed by atoms with Crippen molar-refractivity contribution in [1.82, 2.24) is 9.97 Å². The number of hydrogen-bond donors (Lipinski definition) is 2. The van der Waals surface area contributed by atoms with Gasteiger partial charge in [-0.2, -0.15) is 4.98 Å². The van der Waals surface area contributed by atoms with E-state index in [0.717, 1.165) is 28.5 Å². The van der Waals surface area contributed by atoms with E-state index in [4.69, 9.17) is 4.74 Å². The minimum Gasteiger partial charge on any atom is -0.495 e. The highest BCUT2D eigenvalue weighted by Gasteiger charge is 2.07. The van der Waals surface area contributed by atoms with Crippen LogP contribution in [0, 0.1) is 20.8 Å². The number of methoxy groups -OCH3 is 1. The van der Waals surface area contributed by atoms with Crippen molar-refractivity contribution in [3.63, 3.8) is 0 Å². The highest BCUT2D eigenvalue weighted by atomic mass is 16.5. The fourth-order valence-corrected chi connectivity index (χ4v) is 2.77. The predicted octanol–water partition coefficient (Wildman–Crippen LogP) is 4.77. The Hall–Kier alpha value is -3.08. The summed E-state index contributed by atoms with van der Waals surface area (Å²) in [7, 11) is 1.66.